The topological polar surface area (TPSA) is 80.1 Å². The van der Waals surface area contributed by atoms with E-state index in [1.807, 2.05) is 0 Å². The number of hydrogen-bond donors (Lipinski definition) is 2. The minimum absolute atomic E-state index is 0.361. The van der Waals surface area contributed by atoms with E-state index in [-0.39, 0.29) is 0 Å². The lowest BCUT2D eigenvalue weighted by Crippen LogP contribution is -2.38. The fourth-order valence-corrected chi connectivity index (χ4v) is 1.90. The molecule has 90 valence electrons. The Kier molecular flexibility index (Phi) is 3.28. The summed E-state index contributed by atoms with van der Waals surface area (Å²) in [6.07, 6.45) is 2.59. The van der Waals surface area contributed by atoms with E-state index in [1.54, 1.807) is 7.11 Å². The molecule has 2 rings (SSSR count). The van der Waals surface area contributed by atoms with E-state index >= 15 is 0 Å². The number of methoxy groups -OCH3 is 1. The molecule has 1 heterocycles. The number of anilines is 2. The first kappa shape index (κ1) is 11.2. The van der Waals surface area contributed by atoms with E-state index in [4.69, 9.17) is 10.5 Å². The van der Waals surface area contributed by atoms with E-state index in [0.717, 1.165) is 12.5 Å². The van der Waals surface area contributed by atoms with Gasteiger partial charge in [-0.05, 0) is 25.7 Å². The summed E-state index contributed by atoms with van der Waals surface area (Å²) in [5, 5.41) is 6.78. The van der Waals surface area contributed by atoms with Crippen LogP contribution in [0.25, 0.3) is 0 Å². The van der Waals surface area contributed by atoms with Gasteiger partial charge in [-0.25, -0.2) is 5.10 Å². The number of nitrogens with one attached hydrogen (secondary N) is 1. The van der Waals surface area contributed by atoms with Gasteiger partial charge in [-0.15, -0.1) is 5.10 Å². The van der Waals surface area contributed by atoms with E-state index in [1.165, 1.54) is 12.8 Å². The van der Waals surface area contributed by atoms with Crippen LogP contribution in [-0.2, 0) is 4.74 Å². The summed E-state index contributed by atoms with van der Waals surface area (Å²) in [4.78, 5) is 6.34. The van der Waals surface area contributed by atoms with Crippen LogP contribution < -0.4 is 10.6 Å². The molecule has 0 amide bonds. The van der Waals surface area contributed by atoms with Crippen LogP contribution in [0.2, 0.25) is 0 Å². The lowest BCUT2D eigenvalue weighted by molar-refractivity contribution is 0.202. The van der Waals surface area contributed by atoms with Gasteiger partial charge in [-0.1, -0.05) is 0 Å². The van der Waals surface area contributed by atoms with Crippen LogP contribution >= 0.6 is 0 Å². The maximum absolute atomic E-state index is 5.55. The highest BCUT2D eigenvalue weighted by Gasteiger charge is 2.33. The predicted octanol–water partition coefficient (Wildman–Crippen LogP) is 0.638. The van der Waals surface area contributed by atoms with E-state index in [9.17, 15) is 0 Å². The number of aromatic nitrogens is 3. The molecule has 0 radical (unpaired) electrons. The van der Waals surface area contributed by atoms with Gasteiger partial charge >= 0.3 is 0 Å². The Morgan fingerprint density at radius 3 is 2.88 bits per heavy atom. The van der Waals surface area contributed by atoms with Crippen molar-refractivity contribution in [3.63, 3.8) is 0 Å². The van der Waals surface area contributed by atoms with Crippen LogP contribution in [0.4, 0.5) is 11.9 Å². The number of nitrogen functional groups attached to an aromatic ring is 1. The third-order valence-corrected chi connectivity index (χ3v) is 3.08. The normalized spacial score (nSPS) is 17.4. The minimum atomic E-state index is 0.361. The molecule has 0 aliphatic heterocycles. The monoisotopic (exact) mass is 225 g/mol. The van der Waals surface area contributed by atoms with Crippen molar-refractivity contribution < 1.29 is 4.74 Å². The van der Waals surface area contributed by atoms with Gasteiger partial charge in [0.2, 0.25) is 11.9 Å². The van der Waals surface area contributed by atoms with Crippen molar-refractivity contribution in [1.29, 1.82) is 0 Å². The Labute approximate surface area is 95.2 Å². The van der Waals surface area contributed by atoms with Crippen molar-refractivity contribution in [2.75, 3.05) is 30.9 Å². The number of H-pyrrole nitrogens is 1. The van der Waals surface area contributed by atoms with Crippen molar-refractivity contribution in [1.82, 2.24) is 15.2 Å². The summed E-state index contributed by atoms with van der Waals surface area (Å²) in [6, 6.07) is 0.449. The molecule has 1 atom stereocenters. The average molecular weight is 225 g/mol. The Bertz CT molecular complexity index is 336. The summed E-state index contributed by atoms with van der Waals surface area (Å²) >= 11 is 0. The third-order valence-electron chi connectivity index (χ3n) is 3.08. The molecule has 0 spiro atoms. The summed E-state index contributed by atoms with van der Waals surface area (Å²) in [5.74, 6) is 1.80. The molecule has 1 aromatic heterocycles. The van der Waals surface area contributed by atoms with Crippen molar-refractivity contribution >= 4 is 11.9 Å². The molecule has 6 nitrogen and oxygen atoms in total. The zero-order chi connectivity index (χ0) is 11.5. The fourth-order valence-electron chi connectivity index (χ4n) is 1.90. The smallest absolute Gasteiger partial charge is 0.246 e. The van der Waals surface area contributed by atoms with Gasteiger partial charge in [-0.3, -0.25) is 0 Å². The predicted molar refractivity (Wildman–Crippen MR) is 62.2 cm³/mol. The second-order valence-electron chi connectivity index (χ2n) is 4.28. The number of nitrogens with zero attached hydrogens (tertiary/aromatic N) is 3. The molecule has 0 aromatic carbocycles. The highest BCUT2D eigenvalue weighted by molar-refractivity contribution is 5.35. The number of nitrogens with two attached hydrogens (primary N) is 1. The van der Waals surface area contributed by atoms with Crippen LogP contribution in [0.5, 0.6) is 0 Å². The minimum Gasteiger partial charge on any atom is -0.383 e. The molecule has 1 fully saturated rings. The van der Waals surface area contributed by atoms with Gasteiger partial charge in [0.15, 0.2) is 0 Å². The molecule has 1 aromatic rings. The maximum atomic E-state index is 5.55. The first-order chi connectivity index (χ1) is 7.72. The SMILES string of the molecule is COCCN(c1n[nH]c(N)n1)C(C)C1CC1. The lowest BCUT2D eigenvalue weighted by atomic mass is 10.2. The second kappa shape index (κ2) is 4.69. The van der Waals surface area contributed by atoms with Crippen LogP contribution in [0.1, 0.15) is 19.8 Å². The number of rotatable bonds is 6. The number of aromatic amines is 1. The average Bonchev–Trinajstić information content (AvgIpc) is 3.03. The lowest BCUT2D eigenvalue weighted by Gasteiger charge is -2.27. The first-order valence-corrected chi connectivity index (χ1v) is 5.66. The van der Waals surface area contributed by atoms with Gasteiger partial charge < -0.3 is 15.4 Å². The van der Waals surface area contributed by atoms with Gasteiger partial charge in [0.05, 0.1) is 6.61 Å². The molecule has 16 heavy (non-hydrogen) atoms. The zero-order valence-electron chi connectivity index (χ0n) is 9.81. The molecule has 1 aliphatic carbocycles. The standard InChI is InChI=1S/C10H19N5O/c1-7(8-3-4-8)15(5-6-16-2)10-12-9(11)13-14-10/h7-8H,3-6H2,1-2H3,(H3,11,12,13,14). The van der Waals surface area contributed by atoms with Gasteiger partial charge in [0, 0.05) is 19.7 Å². The van der Waals surface area contributed by atoms with Crippen molar-refractivity contribution in [3.05, 3.63) is 0 Å². The Morgan fingerprint density at radius 2 is 2.38 bits per heavy atom. The maximum Gasteiger partial charge on any atom is 0.246 e. The molecule has 6 heteroatoms. The molecular formula is C10H19N5O. The molecule has 0 bridgehead atoms. The summed E-state index contributed by atoms with van der Waals surface area (Å²) in [6.45, 7) is 3.68. The quantitative estimate of drug-likeness (QED) is 0.742. The highest BCUT2D eigenvalue weighted by atomic mass is 16.5. The second-order valence-corrected chi connectivity index (χ2v) is 4.28. The molecular weight excluding hydrogens is 206 g/mol. The number of ether oxygens (including phenoxy) is 1. The van der Waals surface area contributed by atoms with Gasteiger partial charge in [0.25, 0.3) is 0 Å². The Morgan fingerprint density at radius 1 is 1.62 bits per heavy atom. The Balaban J connectivity index is 2.06. The summed E-state index contributed by atoms with van der Waals surface area (Å²) in [5.41, 5.74) is 5.55. The third kappa shape index (κ3) is 2.44. The van der Waals surface area contributed by atoms with E-state index in [0.29, 0.717) is 24.5 Å². The van der Waals surface area contributed by atoms with Crippen LogP contribution in [0.3, 0.4) is 0 Å². The largest absolute Gasteiger partial charge is 0.383 e. The van der Waals surface area contributed by atoms with Gasteiger partial charge in [0.1, 0.15) is 0 Å². The van der Waals surface area contributed by atoms with E-state index < -0.39 is 0 Å². The number of hydrogen-bond acceptors (Lipinski definition) is 5. The zero-order valence-corrected chi connectivity index (χ0v) is 9.81. The first-order valence-electron chi connectivity index (χ1n) is 5.66. The van der Waals surface area contributed by atoms with Crippen LogP contribution in [-0.4, -0.2) is 41.5 Å². The Hall–Kier alpha value is -1.30. The molecule has 0 saturated heterocycles. The van der Waals surface area contributed by atoms with Gasteiger partial charge in [-0.2, -0.15) is 4.98 Å². The van der Waals surface area contributed by atoms with E-state index in [2.05, 4.69) is 27.0 Å². The van der Waals surface area contributed by atoms with Crippen molar-refractivity contribution in [2.45, 2.75) is 25.8 Å². The summed E-state index contributed by atoms with van der Waals surface area (Å²) < 4.78 is 5.11. The highest BCUT2D eigenvalue weighted by Crippen LogP contribution is 2.36. The van der Waals surface area contributed by atoms with Crippen LogP contribution in [0.15, 0.2) is 0 Å². The molecule has 1 aliphatic rings. The summed E-state index contributed by atoms with van der Waals surface area (Å²) in [7, 11) is 1.70. The van der Waals surface area contributed by atoms with Crippen molar-refractivity contribution in [2.24, 2.45) is 5.92 Å². The van der Waals surface area contributed by atoms with Crippen molar-refractivity contribution in [3.8, 4) is 0 Å². The molecule has 1 saturated carbocycles. The molecule has 1 unspecified atom stereocenters. The molecule has 3 N–H and O–H groups in total. The fraction of sp³-hybridized carbons (Fsp3) is 0.800. The van der Waals surface area contributed by atoms with Crippen LogP contribution in [0, 0.1) is 5.92 Å².